The van der Waals surface area contributed by atoms with E-state index in [1.807, 2.05) is 36.4 Å². The monoisotopic (exact) mass is 528 g/mol. The van der Waals surface area contributed by atoms with Crippen molar-refractivity contribution in [2.75, 3.05) is 17.7 Å². The van der Waals surface area contributed by atoms with Crippen molar-refractivity contribution in [3.63, 3.8) is 0 Å². The summed E-state index contributed by atoms with van der Waals surface area (Å²) in [6.07, 6.45) is 0. The van der Waals surface area contributed by atoms with Gasteiger partial charge in [0.05, 0.1) is 7.11 Å². The molecule has 2 amide bonds. The minimum atomic E-state index is -1.30. The number of anilines is 2. The zero-order chi connectivity index (χ0) is 27.1. The van der Waals surface area contributed by atoms with Gasteiger partial charge in [-0.05, 0) is 66.2 Å². The molecule has 4 aromatic carbocycles. The van der Waals surface area contributed by atoms with Gasteiger partial charge in [0.25, 0.3) is 5.91 Å². The van der Waals surface area contributed by atoms with Crippen molar-refractivity contribution in [3.05, 3.63) is 114 Å². The summed E-state index contributed by atoms with van der Waals surface area (Å²) in [5, 5.41) is 24.0. The lowest BCUT2D eigenvalue weighted by atomic mass is 10.1. The second kappa shape index (κ2) is 12.0. The van der Waals surface area contributed by atoms with E-state index < -0.39 is 17.0 Å². The number of rotatable bonds is 9. The number of hydrogen-bond donors (Lipinski definition) is 4. The fraction of sp³-hybridized carbons (Fsp3) is 0.0690. The van der Waals surface area contributed by atoms with Crippen molar-refractivity contribution in [1.82, 2.24) is 0 Å². The van der Waals surface area contributed by atoms with Crippen LogP contribution in [-0.4, -0.2) is 35.1 Å². The number of aromatic hydroxyl groups is 1. The third-order valence-corrected chi connectivity index (χ3v) is 6.78. The van der Waals surface area contributed by atoms with Crippen LogP contribution < -0.4 is 15.4 Å². The number of hydrogen-bond acceptors (Lipinski definition) is 6. The summed E-state index contributed by atoms with van der Waals surface area (Å²) < 4.78 is 5.13. The Bertz CT molecular complexity index is 1460. The van der Waals surface area contributed by atoms with Crippen LogP contribution in [0.15, 0.2) is 102 Å². The van der Waals surface area contributed by atoms with E-state index in [4.69, 9.17) is 4.74 Å². The first kappa shape index (κ1) is 26.3. The second-order valence-electron chi connectivity index (χ2n) is 8.15. The normalized spacial score (nSPS) is 11.3. The molecule has 4 rings (SSSR count). The van der Waals surface area contributed by atoms with Crippen LogP contribution in [-0.2, 0) is 4.79 Å². The van der Waals surface area contributed by atoms with Gasteiger partial charge in [-0.2, -0.15) is 0 Å². The molecular formula is C29H24N2O6S. The highest BCUT2D eigenvalue weighted by Crippen LogP contribution is 2.37. The van der Waals surface area contributed by atoms with Gasteiger partial charge in [-0.3, -0.25) is 9.59 Å². The maximum absolute atomic E-state index is 13.4. The second-order valence-corrected chi connectivity index (χ2v) is 9.32. The van der Waals surface area contributed by atoms with Crippen molar-refractivity contribution < 1.29 is 29.3 Å². The smallest absolute Gasteiger partial charge is 0.339 e. The third-order valence-electron chi connectivity index (χ3n) is 5.53. The van der Waals surface area contributed by atoms with Crippen LogP contribution in [0.25, 0.3) is 0 Å². The number of carboxylic acid groups (broad SMARTS) is 1. The van der Waals surface area contributed by atoms with Crippen molar-refractivity contribution >= 4 is 40.9 Å². The van der Waals surface area contributed by atoms with Gasteiger partial charge in [-0.1, -0.05) is 36.4 Å². The summed E-state index contributed by atoms with van der Waals surface area (Å²) in [6, 6.07) is 26.9. The molecule has 0 aromatic heterocycles. The standard InChI is InChI=1S/C29H24N2O6S/c1-37-22-13-10-19(11-14-22)27(33)30-20-8-5-9-23(16-20)38-26(18-6-3-2-4-7-18)28(34)31-21-12-15-25(32)24(17-21)29(35)36/h2-17,26,32H,1H3,(H,30,33)(H,31,34)(H,35,36). The molecular weight excluding hydrogens is 504 g/mol. The third kappa shape index (κ3) is 6.51. The minimum Gasteiger partial charge on any atom is -0.507 e. The van der Waals surface area contributed by atoms with Gasteiger partial charge in [0.15, 0.2) is 0 Å². The summed E-state index contributed by atoms with van der Waals surface area (Å²) in [7, 11) is 1.55. The predicted molar refractivity (Wildman–Crippen MR) is 146 cm³/mol. The van der Waals surface area contributed by atoms with Crippen molar-refractivity contribution in [2.45, 2.75) is 10.1 Å². The molecule has 0 heterocycles. The van der Waals surface area contributed by atoms with Gasteiger partial charge in [-0.15, -0.1) is 11.8 Å². The van der Waals surface area contributed by atoms with Gasteiger partial charge in [0.1, 0.15) is 22.3 Å². The molecule has 192 valence electrons. The molecule has 0 aliphatic heterocycles. The Morgan fingerprint density at radius 1 is 0.816 bits per heavy atom. The van der Waals surface area contributed by atoms with Gasteiger partial charge in [0.2, 0.25) is 5.91 Å². The molecule has 9 heteroatoms. The zero-order valence-corrected chi connectivity index (χ0v) is 21.1. The molecule has 38 heavy (non-hydrogen) atoms. The summed E-state index contributed by atoms with van der Waals surface area (Å²) in [5.74, 6) is -1.71. The molecule has 0 radical (unpaired) electrons. The molecule has 0 saturated carbocycles. The lowest BCUT2D eigenvalue weighted by Crippen LogP contribution is -2.19. The maximum Gasteiger partial charge on any atom is 0.339 e. The summed E-state index contributed by atoms with van der Waals surface area (Å²) in [5.41, 5.74) is 1.70. The van der Waals surface area contributed by atoms with Gasteiger partial charge < -0.3 is 25.6 Å². The number of ether oxygens (including phenoxy) is 1. The maximum atomic E-state index is 13.4. The largest absolute Gasteiger partial charge is 0.507 e. The number of carboxylic acids is 1. The van der Waals surface area contributed by atoms with Gasteiger partial charge in [0, 0.05) is 21.8 Å². The first-order valence-electron chi connectivity index (χ1n) is 11.5. The molecule has 8 nitrogen and oxygen atoms in total. The van der Waals surface area contributed by atoms with Gasteiger partial charge in [-0.25, -0.2) is 4.79 Å². The van der Waals surface area contributed by atoms with Crippen LogP contribution in [0.1, 0.15) is 31.5 Å². The van der Waals surface area contributed by atoms with Crippen molar-refractivity contribution in [1.29, 1.82) is 0 Å². The van der Waals surface area contributed by atoms with Crippen molar-refractivity contribution in [3.8, 4) is 11.5 Å². The highest BCUT2D eigenvalue weighted by Gasteiger charge is 2.23. The number of nitrogens with one attached hydrogen (secondary N) is 2. The first-order chi connectivity index (χ1) is 18.3. The van der Waals surface area contributed by atoms with Crippen LogP contribution in [0.4, 0.5) is 11.4 Å². The van der Waals surface area contributed by atoms with E-state index in [2.05, 4.69) is 10.6 Å². The van der Waals surface area contributed by atoms with Gasteiger partial charge >= 0.3 is 5.97 Å². The number of thioether (sulfide) groups is 1. The Morgan fingerprint density at radius 3 is 2.21 bits per heavy atom. The molecule has 0 saturated heterocycles. The number of benzene rings is 4. The van der Waals surface area contributed by atoms with E-state index in [0.29, 0.717) is 17.0 Å². The predicted octanol–water partition coefficient (Wildman–Crippen LogP) is 5.82. The quantitative estimate of drug-likeness (QED) is 0.159. The van der Waals surface area contributed by atoms with E-state index in [1.54, 1.807) is 49.6 Å². The molecule has 4 aromatic rings. The lowest BCUT2D eigenvalue weighted by molar-refractivity contribution is -0.115. The molecule has 0 fully saturated rings. The van der Waals surface area contributed by atoms with E-state index in [9.17, 15) is 24.6 Å². The fourth-order valence-electron chi connectivity index (χ4n) is 3.62. The Labute approximate surface area is 223 Å². The van der Waals surface area contributed by atoms with E-state index in [-0.39, 0.29) is 23.1 Å². The number of methoxy groups -OCH3 is 1. The number of carbonyl (C=O) groups excluding carboxylic acids is 2. The molecule has 4 N–H and O–H groups in total. The molecule has 0 spiro atoms. The zero-order valence-electron chi connectivity index (χ0n) is 20.3. The SMILES string of the molecule is COc1ccc(C(=O)Nc2cccc(SC(C(=O)Nc3ccc(O)c(C(=O)O)c3)c3ccccc3)c2)cc1. The molecule has 1 atom stereocenters. The molecule has 0 aliphatic carbocycles. The highest BCUT2D eigenvalue weighted by atomic mass is 32.2. The molecule has 0 bridgehead atoms. The van der Waals surface area contributed by atoms with E-state index in [1.165, 1.54) is 30.0 Å². The van der Waals surface area contributed by atoms with Crippen LogP contribution >= 0.6 is 11.8 Å². The summed E-state index contributed by atoms with van der Waals surface area (Å²) >= 11 is 1.28. The average Bonchev–Trinajstić information content (AvgIpc) is 2.93. The number of aromatic carboxylic acids is 1. The Hall–Kier alpha value is -4.76. The van der Waals surface area contributed by atoms with Crippen LogP contribution in [0.2, 0.25) is 0 Å². The topological polar surface area (TPSA) is 125 Å². The van der Waals surface area contributed by atoms with Crippen LogP contribution in [0.5, 0.6) is 11.5 Å². The molecule has 0 aliphatic rings. The van der Waals surface area contributed by atoms with Crippen molar-refractivity contribution in [2.24, 2.45) is 0 Å². The number of carbonyl (C=O) groups is 3. The summed E-state index contributed by atoms with van der Waals surface area (Å²) in [4.78, 5) is 38.2. The Kier molecular flexibility index (Phi) is 8.30. The minimum absolute atomic E-state index is 0.243. The first-order valence-corrected chi connectivity index (χ1v) is 12.4. The number of amides is 2. The fourth-order valence-corrected chi connectivity index (χ4v) is 4.71. The van der Waals surface area contributed by atoms with Crippen LogP contribution in [0, 0.1) is 0 Å². The van der Waals surface area contributed by atoms with E-state index in [0.717, 1.165) is 10.5 Å². The van der Waals surface area contributed by atoms with Crippen LogP contribution in [0.3, 0.4) is 0 Å². The average molecular weight is 529 g/mol. The highest BCUT2D eigenvalue weighted by molar-refractivity contribution is 8.00. The van der Waals surface area contributed by atoms with E-state index >= 15 is 0 Å². The Balaban J connectivity index is 1.54. The lowest BCUT2D eigenvalue weighted by Gasteiger charge is -2.18. The number of phenols is 1. The molecule has 1 unspecified atom stereocenters. The summed E-state index contributed by atoms with van der Waals surface area (Å²) in [6.45, 7) is 0. The Morgan fingerprint density at radius 2 is 1.53 bits per heavy atom.